The van der Waals surface area contributed by atoms with Crippen molar-refractivity contribution in [1.82, 2.24) is 0 Å². The van der Waals surface area contributed by atoms with E-state index in [0.29, 0.717) is 16.3 Å². The summed E-state index contributed by atoms with van der Waals surface area (Å²) in [6.07, 6.45) is 0. The molecule has 21 heavy (non-hydrogen) atoms. The second-order valence-corrected chi connectivity index (χ2v) is 6.16. The van der Waals surface area contributed by atoms with Crippen LogP contribution in [-0.4, -0.2) is 24.4 Å². The largest absolute Gasteiger partial charge is 0.285 e. The van der Waals surface area contributed by atoms with Crippen LogP contribution >= 0.6 is 11.6 Å². The minimum atomic E-state index is -4.19. The second kappa shape index (κ2) is 6.71. The highest BCUT2D eigenvalue weighted by Gasteiger charge is 2.13. The number of para-hydroxylation sites is 1. The summed E-state index contributed by atoms with van der Waals surface area (Å²) < 4.78 is 31.3. The van der Waals surface area contributed by atoms with Crippen molar-refractivity contribution < 1.29 is 13.0 Å². The average molecular weight is 325 g/mol. The number of rotatable bonds is 5. The molecule has 0 fully saturated rings. The highest BCUT2D eigenvalue weighted by molar-refractivity contribution is 7.86. The van der Waals surface area contributed by atoms with Crippen molar-refractivity contribution in [3.05, 3.63) is 65.2 Å². The molecule has 0 bridgehead atoms. The Labute approximate surface area is 128 Å². The van der Waals surface area contributed by atoms with Crippen molar-refractivity contribution >= 4 is 33.1 Å². The predicted molar refractivity (Wildman–Crippen MR) is 84.5 cm³/mol. The first-order chi connectivity index (χ1) is 9.94. The molecular weight excluding hydrogens is 312 g/mol. The summed E-state index contributed by atoms with van der Waals surface area (Å²) in [6.45, 7) is 0. The number of anilines is 1. The number of halogens is 1. The molecule has 2 aromatic carbocycles. The van der Waals surface area contributed by atoms with E-state index in [9.17, 15) is 8.42 Å². The molecule has 0 radical (unpaired) electrons. The highest BCUT2D eigenvalue weighted by Crippen LogP contribution is 2.12. The first-order valence-electron chi connectivity index (χ1n) is 6.03. The van der Waals surface area contributed by atoms with Gasteiger partial charge in [-0.3, -0.25) is 9.98 Å². The van der Waals surface area contributed by atoms with Crippen LogP contribution in [0.2, 0.25) is 5.02 Å². The molecule has 0 aromatic heterocycles. The Kier molecular flexibility index (Phi) is 4.95. The van der Waals surface area contributed by atoms with Crippen LogP contribution < -0.4 is 5.43 Å². The van der Waals surface area contributed by atoms with Crippen molar-refractivity contribution in [2.75, 3.05) is 11.2 Å². The molecule has 5 nitrogen and oxygen atoms in total. The van der Waals surface area contributed by atoms with E-state index in [1.807, 2.05) is 18.2 Å². The van der Waals surface area contributed by atoms with Crippen LogP contribution in [0.5, 0.6) is 0 Å². The van der Waals surface area contributed by atoms with Crippen LogP contribution in [0.3, 0.4) is 0 Å². The van der Waals surface area contributed by atoms with E-state index in [1.165, 1.54) is 0 Å². The van der Waals surface area contributed by atoms with Gasteiger partial charge in [0.25, 0.3) is 10.1 Å². The Morgan fingerprint density at radius 3 is 2.29 bits per heavy atom. The van der Waals surface area contributed by atoms with E-state index >= 15 is 0 Å². The monoisotopic (exact) mass is 324 g/mol. The fourth-order valence-corrected chi connectivity index (χ4v) is 2.34. The first kappa shape index (κ1) is 15.5. The number of benzene rings is 2. The maximum Gasteiger partial charge on any atom is 0.270 e. The maximum atomic E-state index is 11.1. The Morgan fingerprint density at radius 2 is 1.71 bits per heavy atom. The van der Waals surface area contributed by atoms with Gasteiger partial charge in [0.15, 0.2) is 0 Å². The zero-order valence-electron chi connectivity index (χ0n) is 10.9. The number of nitrogens with zero attached hydrogens (tertiary/aromatic N) is 1. The Bertz CT molecular complexity index is 729. The Morgan fingerprint density at radius 1 is 1.10 bits per heavy atom. The van der Waals surface area contributed by atoms with Crippen molar-refractivity contribution in [3.63, 3.8) is 0 Å². The molecule has 2 N–H and O–H groups in total. The molecular formula is C14H13ClN2O3S. The fourth-order valence-electron chi connectivity index (χ4n) is 1.64. The molecule has 0 spiro atoms. The second-order valence-electron chi connectivity index (χ2n) is 4.27. The number of nitrogens with one attached hydrogen (secondary N) is 1. The van der Waals surface area contributed by atoms with Crippen molar-refractivity contribution in [3.8, 4) is 0 Å². The van der Waals surface area contributed by atoms with Crippen LogP contribution in [0.25, 0.3) is 0 Å². The van der Waals surface area contributed by atoms with Gasteiger partial charge in [-0.1, -0.05) is 41.9 Å². The fraction of sp³-hybridized carbons (Fsp3) is 0.0714. The molecule has 2 rings (SSSR count). The summed E-state index contributed by atoms with van der Waals surface area (Å²) >= 11 is 5.80. The normalized spacial score (nSPS) is 12.2. The molecule has 0 amide bonds. The van der Waals surface area contributed by atoms with E-state index in [2.05, 4.69) is 10.5 Å². The van der Waals surface area contributed by atoms with Gasteiger partial charge in [0.2, 0.25) is 0 Å². The van der Waals surface area contributed by atoms with Gasteiger partial charge in [-0.2, -0.15) is 13.5 Å². The van der Waals surface area contributed by atoms with Gasteiger partial charge in [-0.25, -0.2) is 0 Å². The molecule has 2 aromatic rings. The van der Waals surface area contributed by atoms with Crippen molar-refractivity contribution in [2.45, 2.75) is 0 Å². The molecule has 0 saturated carbocycles. The first-order valence-corrected chi connectivity index (χ1v) is 8.01. The lowest BCUT2D eigenvalue weighted by Crippen LogP contribution is -2.17. The third kappa shape index (κ3) is 5.18. The lowest BCUT2D eigenvalue weighted by Gasteiger charge is -2.07. The van der Waals surface area contributed by atoms with Gasteiger partial charge >= 0.3 is 0 Å². The van der Waals surface area contributed by atoms with Gasteiger partial charge in [-0.15, -0.1) is 0 Å². The van der Waals surface area contributed by atoms with E-state index in [1.54, 1.807) is 36.4 Å². The highest BCUT2D eigenvalue weighted by atomic mass is 35.5. The molecule has 0 unspecified atom stereocenters. The predicted octanol–water partition coefficient (Wildman–Crippen LogP) is 3.04. The van der Waals surface area contributed by atoms with Gasteiger partial charge in [0.1, 0.15) is 5.75 Å². The SMILES string of the molecule is O=S(=O)(O)C/C(=N/Nc1ccccc1)c1ccc(Cl)cc1. The zero-order valence-corrected chi connectivity index (χ0v) is 12.5. The van der Waals surface area contributed by atoms with Gasteiger partial charge in [0.05, 0.1) is 11.4 Å². The van der Waals surface area contributed by atoms with Gasteiger partial charge in [-0.05, 0) is 29.8 Å². The maximum absolute atomic E-state index is 11.1. The number of hydrazone groups is 1. The third-order valence-electron chi connectivity index (χ3n) is 2.59. The lowest BCUT2D eigenvalue weighted by molar-refractivity contribution is 0.488. The number of hydrogen-bond acceptors (Lipinski definition) is 4. The quantitative estimate of drug-likeness (QED) is 0.503. The summed E-state index contributed by atoms with van der Waals surface area (Å²) in [6, 6.07) is 15.6. The van der Waals surface area contributed by atoms with Crippen molar-refractivity contribution in [2.24, 2.45) is 5.10 Å². The lowest BCUT2D eigenvalue weighted by atomic mass is 10.1. The van der Waals surface area contributed by atoms with E-state index in [0.717, 1.165) is 0 Å². The molecule has 0 saturated heterocycles. The Balaban J connectivity index is 2.29. The zero-order chi connectivity index (χ0) is 15.3. The molecule has 0 aliphatic heterocycles. The molecule has 0 atom stereocenters. The molecule has 7 heteroatoms. The van der Waals surface area contributed by atoms with E-state index in [-0.39, 0.29) is 5.71 Å². The standard InChI is InChI=1S/C14H13ClN2O3S/c15-12-8-6-11(7-9-12)14(10-21(18,19)20)17-16-13-4-2-1-3-5-13/h1-9,16H,10H2,(H,18,19,20)/b17-14-. The van der Waals surface area contributed by atoms with Crippen LogP contribution in [0.4, 0.5) is 5.69 Å². The van der Waals surface area contributed by atoms with Gasteiger partial charge in [0, 0.05) is 5.02 Å². The summed E-state index contributed by atoms with van der Waals surface area (Å²) in [5.41, 5.74) is 4.22. The van der Waals surface area contributed by atoms with Crippen LogP contribution in [-0.2, 0) is 10.1 Å². The van der Waals surface area contributed by atoms with E-state index in [4.69, 9.17) is 16.2 Å². The van der Waals surface area contributed by atoms with E-state index < -0.39 is 15.9 Å². The Hall–Kier alpha value is -1.89. The molecule has 0 aliphatic rings. The topological polar surface area (TPSA) is 78.8 Å². The third-order valence-corrected chi connectivity index (χ3v) is 3.48. The molecule has 0 aliphatic carbocycles. The van der Waals surface area contributed by atoms with Crippen LogP contribution in [0.1, 0.15) is 5.56 Å². The van der Waals surface area contributed by atoms with Crippen LogP contribution in [0.15, 0.2) is 59.7 Å². The average Bonchev–Trinajstić information content (AvgIpc) is 2.44. The van der Waals surface area contributed by atoms with Gasteiger partial charge < -0.3 is 0 Å². The molecule has 110 valence electrons. The van der Waals surface area contributed by atoms with Crippen LogP contribution in [0, 0.1) is 0 Å². The number of hydrogen-bond donors (Lipinski definition) is 2. The minimum absolute atomic E-state index is 0.193. The summed E-state index contributed by atoms with van der Waals surface area (Å²) in [4.78, 5) is 0. The smallest absolute Gasteiger partial charge is 0.270 e. The minimum Gasteiger partial charge on any atom is -0.285 e. The summed E-state index contributed by atoms with van der Waals surface area (Å²) in [7, 11) is -4.19. The molecule has 0 heterocycles. The van der Waals surface area contributed by atoms with Crippen molar-refractivity contribution in [1.29, 1.82) is 0 Å². The summed E-state index contributed by atoms with van der Waals surface area (Å²) in [5, 5.41) is 4.59. The summed E-state index contributed by atoms with van der Waals surface area (Å²) in [5.74, 6) is -0.589.